The smallest absolute Gasteiger partial charge is 0.229 e. The predicted octanol–water partition coefficient (Wildman–Crippen LogP) is 0.230. The number of carbonyl (C=O) groups excluding carboxylic acids is 1. The van der Waals surface area contributed by atoms with Gasteiger partial charge in [-0.3, -0.25) is 15.2 Å². The number of hydrogen-bond acceptors (Lipinski definition) is 4. The third-order valence-corrected chi connectivity index (χ3v) is 1.66. The standard InChI is InChI=1S/C7H7N5O/c1-4-6-5(12-11-4)2-8-7(10-6)9-3-13/h2-3H,1H3,(H,11,12)(H,8,9,10,13). The molecule has 0 bridgehead atoms. The molecule has 2 aromatic rings. The second-order valence-electron chi connectivity index (χ2n) is 2.54. The Morgan fingerprint density at radius 3 is 3.23 bits per heavy atom. The maximum absolute atomic E-state index is 10.1. The number of nitrogens with one attached hydrogen (secondary N) is 2. The quantitative estimate of drug-likeness (QED) is 0.643. The Bertz CT molecular complexity index is 449. The van der Waals surface area contributed by atoms with Crippen molar-refractivity contribution >= 4 is 23.4 Å². The highest BCUT2D eigenvalue weighted by molar-refractivity contribution is 5.78. The van der Waals surface area contributed by atoms with Crippen molar-refractivity contribution in [2.24, 2.45) is 0 Å². The summed E-state index contributed by atoms with van der Waals surface area (Å²) in [7, 11) is 0. The summed E-state index contributed by atoms with van der Waals surface area (Å²) in [6.07, 6.45) is 2.09. The van der Waals surface area contributed by atoms with E-state index in [1.165, 1.54) is 0 Å². The van der Waals surface area contributed by atoms with Crippen LogP contribution in [-0.4, -0.2) is 26.6 Å². The molecule has 0 saturated carbocycles. The molecule has 0 aromatic carbocycles. The number of anilines is 1. The number of nitrogens with zero attached hydrogens (tertiary/aromatic N) is 3. The van der Waals surface area contributed by atoms with E-state index in [-0.39, 0.29) is 5.95 Å². The molecule has 0 radical (unpaired) electrons. The lowest BCUT2D eigenvalue weighted by molar-refractivity contribution is -0.105. The summed E-state index contributed by atoms with van der Waals surface area (Å²) < 4.78 is 0. The fourth-order valence-corrected chi connectivity index (χ4v) is 1.05. The Balaban J connectivity index is 2.58. The van der Waals surface area contributed by atoms with Gasteiger partial charge in [-0.1, -0.05) is 0 Å². The van der Waals surface area contributed by atoms with Crippen molar-refractivity contribution in [1.29, 1.82) is 0 Å². The van der Waals surface area contributed by atoms with Gasteiger partial charge < -0.3 is 0 Å². The maximum Gasteiger partial charge on any atom is 0.229 e. The van der Waals surface area contributed by atoms with Gasteiger partial charge in [-0.05, 0) is 6.92 Å². The molecule has 0 saturated heterocycles. The van der Waals surface area contributed by atoms with Gasteiger partial charge >= 0.3 is 0 Å². The van der Waals surface area contributed by atoms with Gasteiger partial charge in [0.2, 0.25) is 12.4 Å². The number of aromatic amines is 1. The highest BCUT2D eigenvalue weighted by Crippen LogP contribution is 2.12. The Morgan fingerprint density at radius 2 is 2.46 bits per heavy atom. The first-order chi connectivity index (χ1) is 6.31. The van der Waals surface area contributed by atoms with E-state index in [2.05, 4.69) is 25.5 Å². The van der Waals surface area contributed by atoms with Crippen molar-refractivity contribution in [3.05, 3.63) is 11.9 Å². The van der Waals surface area contributed by atoms with Gasteiger partial charge in [0, 0.05) is 0 Å². The van der Waals surface area contributed by atoms with E-state index in [1.807, 2.05) is 6.92 Å². The number of H-pyrrole nitrogens is 1. The molecular formula is C7H7N5O. The monoisotopic (exact) mass is 177 g/mol. The molecule has 1 amide bonds. The number of hydrogen-bond donors (Lipinski definition) is 2. The molecule has 0 aliphatic heterocycles. The minimum absolute atomic E-state index is 0.284. The zero-order valence-electron chi connectivity index (χ0n) is 6.90. The van der Waals surface area contributed by atoms with E-state index in [9.17, 15) is 4.79 Å². The van der Waals surface area contributed by atoms with Crippen LogP contribution in [-0.2, 0) is 4.79 Å². The molecule has 0 atom stereocenters. The molecule has 2 N–H and O–H groups in total. The number of fused-ring (bicyclic) bond motifs is 1. The van der Waals surface area contributed by atoms with Crippen LogP contribution in [0.3, 0.4) is 0 Å². The summed E-state index contributed by atoms with van der Waals surface area (Å²) in [6, 6.07) is 0. The van der Waals surface area contributed by atoms with Crippen LogP contribution in [0, 0.1) is 6.92 Å². The number of carbonyl (C=O) groups is 1. The predicted molar refractivity (Wildman–Crippen MR) is 46.1 cm³/mol. The number of rotatable bonds is 2. The summed E-state index contributed by atoms with van der Waals surface area (Å²) in [4.78, 5) is 18.1. The van der Waals surface area contributed by atoms with Crippen molar-refractivity contribution in [1.82, 2.24) is 20.2 Å². The van der Waals surface area contributed by atoms with Crippen LogP contribution in [0.5, 0.6) is 0 Å². The molecule has 6 nitrogen and oxygen atoms in total. The summed E-state index contributed by atoms with van der Waals surface area (Å²) in [5, 5.41) is 9.10. The molecule has 2 aromatic heterocycles. The zero-order valence-corrected chi connectivity index (χ0v) is 6.90. The van der Waals surface area contributed by atoms with Gasteiger partial charge in [0.15, 0.2) is 0 Å². The molecule has 66 valence electrons. The zero-order chi connectivity index (χ0) is 9.26. The minimum Gasteiger partial charge on any atom is -0.297 e. The molecule has 2 heterocycles. The minimum atomic E-state index is 0.284. The normalized spacial score (nSPS) is 10.2. The first-order valence-electron chi connectivity index (χ1n) is 3.69. The number of amides is 1. The maximum atomic E-state index is 10.1. The van der Waals surface area contributed by atoms with Gasteiger partial charge in [-0.25, -0.2) is 9.97 Å². The largest absolute Gasteiger partial charge is 0.297 e. The summed E-state index contributed by atoms with van der Waals surface area (Å²) >= 11 is 0. The number of aromatic nitrogens is 4. The molecule has 0 aliphatic rings. The molecule has 2 rings (SSSR count). The van der Waals surface area contributed by atoms with E-state index in [1.54, 1.807) is 6.20 Å². The molecule has 0 fully saturated rings. The van der Waals surface area contributed by atoms with Crippen molar-refractivity contribution in [2.75, 3.05) is 5.32 Å². The molecular weight excluding hydrogens is 170 g/mol. The van der Waals surface area contributed by atoms with E-state index in [4.69, 9.17) is 0 Å². The van der Waals surface area contributed by atoms with Crippen molar-refractivity contribution in [3.8, 4) is 0 Å². The topological polar surface area (TPSA) is 83.6 Å². The van der Waals surface area contributed by atoms with Crippen molar-refractivity contribution in [3.63, 3.8) is 0 Å². The van der Waals surface area contributed by atoms with Gasteiger partial charge in [-0.15, -0.1) is 0 Å². The summed E-state index contributed by atoms with van der Waals surface area (Å²) in [5.41, 5.74) is 2.26. The highest BCUT2D eigenvalue weighted by atomic mass is 16.1. The molecule has 0 spiro atoms. The van der Waals surface area contributed by atoms with Crippen LogP contribution in [0.4, 0.5) is 5.95 Å². The van der Waals surface area contributed by atoms with Crippen LogP contribution in [0.1, 0.15) is 5.69 Å². The van der Waals surface area contributed by atoms with Crippen LogP contribution in [0.2, 0.25) is 0 Å². The van der Waals surface area contributed by atoms with E-state index in [0.717, 1.165) is 11.2 Å². The van der Waals surface area contributed by atoms with Crippen LogP contribution >= 0.6 is 0 Å². The summed E-state index contributed by atoms with van der Waals surface area (Å²) in [5.74, 6) is 0.284. The first kappa shape index (κ1) is 7.66. The Hall–Kier alpha value is -1.98. The van der Waals surface area contributed by atoms with Crippen LogP contribution < -0.4 is 5.32 Å². The van der Waals surface area contributed by atoms with E-state index >= 15 is 0 Å². The van der Waals surface area contributed by atoms with Gasteiger partial charge in [0.25, 0.3) is 0 Å². The molecule has 6 heteroatoms. The van der Waals surface area contributed by atoms with E-state index < -0.39 is 0 Å². The van der Waals surface area contributed by atoms with Crippen molar-refractivity contribution in [2.45, 2.75) is 6.92 Å². The van der Waals surface area contributed by atoms with Crippen LogP contribution in [0.25, 0.3) is 11.0 Å². The lowest BCUT2D eigenvalue weighted by Gasteiger charge is -1.94. The fourth-order valence-electron chi connectivity index (χ4n) is 1.05. The first-order valence-corrected chi connectivity index (χ1v) is 3.69. The third kappa shape index (κ3) is 1.22. The van der Waals surface area contributed by atoms with Crippen LogP contribution in [0.15, 0.2) is 6.20 Å². The molecule has 0 unspecified atom stereocenters. The highest BCUT2D eigenvalue weighted by Gasteiger charge is 2.04. The van der Waals surface area contributed by atoms with E-state index in [0.29, 0.717) is 11.9 Å². The van der Waals surface area contributed by atoms with Gasteiger partial charge in [0.1, 0.15) is 11.0 Å². The second kappa shape index (κ2) is 2.81. The van der Waals surface area contributed by atoms with Crippen molar-refractivity contribution < 1.29 is 4.79 Å². The lowest BCUT2D eigenvalue weighted by atomic mass is 10.4. The third-order valence-electron chi connectivity index (χ3n) is 1.66. The Labute approximate surface area is 73.4 Å². The second-order valence-corrected chi connectivity index (χ2v) is 2.54. The Morgan fingerprint density at radius 1 is 1.62 bits per heavy atom. The average Bonchev–Trinajstić information content (AvgIpc) is 2.49. The molecule has 0 aliphatic carbocycles. The van der Waals surface area contributed by atoms with Gasteiger partial charge in [-0.2, -0.15) is 5.10 Å². The average molecular weight is 177 g/mol. The lowest BCUT2D eigenvalue weighted by Crippen LogP contribution is -1.99. The number of aryl methyl sites for hydroxylation is 1. The summed E-state index contributed by atoms with van der Waals surface area (Å²) in [6.45, 7) is 1.85. The molecule has 13 heavy (non-hydrogen) atoms. The SMILES string of the molecule is Cc1[nH]nc2cnc(NC=O)nc12. The van der Waals surface area contributed by atoms with Gasteiger partial charge in [0.05, 0.1) is 11.9 Å². The Kier molecular flexibility index (Phi) is 1.66. The fraction of sp³-hybridized carbons (Fsp3) is 0.143.